The minimum absolute atomic E-state index is 0.134. The van der Waals surface area contributed by atoms with Crippen LogP contribution in [0.1, 0.15) is 13.8 Å². The van der Waals surface area contributed by atoms with Crippen LogP contribution < -0.4 is 5.32 Å². The first-order chi connectivity index (χ1) is 6.72. The van der Waals surface area contributed by atoms with Gasteiger partial charge in [-0.15, -0.1) is 0 Å². The van der Waals surface area contributed by atoms with Gasteiger partial charge < -0.3 is 15.0 Å². The summed E-state index contributed by atoms with van der Waals surface area (Å²) >= 11 is 1.69. The van der Waals surface area contributed by atoms with Crippen LogP contribution in [0.4, 0.5) is 0 Å². The Bertz CT molecular complexity index is 325. The van der Waals surface area contributed by atoms with Crippen molar-refractivity contribution < 1.29 is 9.53 Å². The zero-order valence-corrected chi connectivity index (χ0v) is 8.93. The normalized spacial score (nSPS) is 23.9. The number of nitrogens with zero attached hydrogens (tertiary/aromatic N) is 1. The second kappa shape index (κ2) is 3.57. The molecule has 1 unspecified atom stereocenters. The van der Waals surface area contributed by atoms with E-state index in [1.54, 1.807) is 24.9 Å². The number of carbonyl (C=O) groups is 1. The highest BCUT2D eigenvalue weighted by Crippen LogP contribution is 2.36. The number of fused-ring (bicyclic) bond motifs is 1. The number of rotatable bonds is 2. The molecule has 14 heavy (non-hydrogen) atoms. The molecule has 0 saturated heterocycles. The molecule has 4 nitrogen and oxygen atoms in total. The Morgan fingerprint density at radius 2 is 2.57 bits per heavy atom. The Morgan fingerprint density at radius 3 is 3.29 bits per heavy atom. The molecule has 2 aliphatic heterocycles. The molecule has 0 radical (unpaired) electrons. The Morgan fingerprint density at radius 1 is 1.79 bits per heavy atom. The smallest absolute Gasteiger partial charge is 0.356 e. The van der Waals surface area contributed by atoms with E-state index in [9.17, 15) is 4.79 Å². The van der Waals surface area contributed by atoms with E-state index < -0.39 is 0 Å². The third-order valence-electron chi connectivity index (χ3n) is 2.00. The van der Waals surface area contributed by atoms with Crippen molar-refractivity contribution in [3.8, 4) is 0 Å². The average molecular weight is 212 g/mol. The number of nitrogens with one attached hydrogen (secondary N) is 1. The maximum Gasteiger partial charge on any atom is 0.356 e. The number of carbonyl (C=O) groups excluding carboxylic acids is 1. The third kappa shape index (κ3) is 1.48. The lowest BCUT2D eigenvalue weighted by molar-refractivity contribution is -0.139. The highest BCUT2D eigenvalue weighted by Gasteiger charge is 2.33. The second-order valence-electron chi connectivity index (χ2n) is 3.03. The van der Waals surface area contributed by atoms with Crippen molar-refractivity contribution >= 4 is 17.7 Å². The number of ether oxygens (including phenoxy) is 1. The van der Waals surface area contributed by atoms with Gasteiger partial charge in [0, 0.05) is 17.3 Å². The highest BCUT2D eigenvalue weighted by atomic mass is 32.2. The van der Waals surface area contributed by atoms with E-state index in [1.807, 2.05) is 18.0 Å². The van der Waals surface area contributed by atoms with Gasteiger partial charge in [0.05, 0.1) is 6.61 Å². The molecule has 0 amide bonds. The molecule has 0 fully saturated rings. The molecule has 76 valence electrons. The predicted octanol–water partition coefficient (Wildman–Crippen LogP) is 1.19. The second-order valence-corrected chi connectivity index (χ2v) is 4.36. The highest BCUT2D eigenvalue weighted by molar-refractivity contribution is 8.03. The fourth-order valence-electron chi connectivity index (χ4n) is 1.43. The zero-order valence-electron chi connectivity index (χ0n) is 8.11. The number of esters is 1. The molecule has 0 spiro atoms. The van der Waals surface area contributed by atoms with Gasteiger partial charge >= 0.3 is 5.97 Å². The van der Waals surface area contributed by atoms with Crippen LogP contribution in [-0.4, -0.2) is 23.0 Å². The largest absolute Gasteiger partial charge is 0.461 e. The predicted molar refractivity (Wildman–Crippen MR) is 54.8 cm³/mol. The summed E-state index contributed by atoms with van der Waals surface area (Å²) in [4.78, 5) is 14.6. The van der Waals surface area contributed by atoms with E-state index in [1.165, 1.54) is 4.91 Å². The van der Waals surface area contributed by atoms with Gasteiger partial charge in [-0.25, -0.2) is 4.79 Å². The van der Waals surface area contributed by atoms with E-state index >= 15 is 0 Å². The molecule has 0 saturated carbocycles. The molecule has 2 aliphatic rings. The van der Waals surface area contributed by atoms with Crippen LogP contribution in [0.15, 0.2) is 23.0 Å². The van der Waals surface area contributed by atoms with Crippen LogP contribution in [0.25, 0.3) is 0 Å². The van der Waals surface area contributed by atoms with Crippen molar-refractivity contribution in [2.45, 2.75) is 19.3 Å². The van der Waals surface area contributed by atoms with E-state index in [0.717, 1.165) is 0 Å². The van der Waals surface area contributed by atoms with Crippen molar-refractivity contribution in [1.82, 2.24) is 10.2 Å². The lowest BCUT2D eigenvalue weighted by atomic mass is 10.4. The summed E-state index contributed by atoms with van der Waals surface area (Å²) in [6.07, 6.45) is 3.66. The first-order valence-electron chi connectivity index (χ1n) is 4.49. The Labute approximate surface area is 87.0 Å². The van der Waals surface area contributed by atoms with Gasteiger partial charge in [-0.2, -0.15) is 0 Å². The monoisotopic (exact) mass is 212 g/mol. The molecule has 2 rings (SSSR count). The molecule has 5 heteroatoms. The minimum atomic E-state index is -0.269. The molecule has 1 atom stereocenters. The van der Waals surface area contributed by atoms with Crippen LogP contribution >= 0.6 is 11.8 Å². The van der Waals surface area contributed by atoms with E-state index in [-0.39, 0.29) is 11.5 Å². The molecule has 0 aromatic rings. The van der Waals surface area contributed by atoms with Crippen molar-refractivity contribution in [2.75, 3.05) is 6.61 Å². The maximum absolute atomic E-state index is 11.5. The molecular weight excluding hydrogens is 200 g/mol. The fourth-order valence-corrected chi connectivity index (χ4v) is 2.38. The van der Waals surface area contributed by atoms with Gasteiger partial charge in [0.25, 0.3) is 0 Å². The van der Waals surface area contributed by atoms with Crippen LogP contribution in [0, 0.1) is 0 Å². The fraction of sp³-hybridized carbons (Fsp3) is 0.444. The molecule has 0 aliphatic carbocycles. The number of thioether (sulfide) groups is 1. The topological polar surface area (TPSA) is 41.6 Å². The summed E-state index contributed by atoms with van der Waals surface area (Å²) in [5, 5.41) is 3.11. The Kier molecular flexibility index (Phi) is 2.41. The Balaban J connectivity index is 2.11. The maximum atomic E-state index is 11.5. The standard InChI is InChI=1S/C9H12N2O2S/c1-3-13-8(12)7-4-10-9-11(7)5-6(2)14-9/h4-5,9-10H,3H2,1-2H3. The lowest BCUT2D eigenvalue weighted by Crippen LogP contribution is -2.28. The SMILES string of the molecule is CCOC(=O)C1=CNC2SC(C)=CN12. The van der Waals surface area contributed by atoms with Crippen molar-refractivity contribution in [3.05, 3.63) is 23.0 Å². The third-order valence-corrected chi connectivity index (χ3v) is 3.06. The molecular formula is C9H12N2O2S. The number of hydrogen-bond donors (Lipinski definition) is 1. The molecule has 1 N–H and O–H groups in total. The van der Waals surface area contributed by atoms with Gasteiger partial charge in [-0.3, -0.25) is 0 Å². The summed E-state index contributed by atoms with van der Waals surface area (Å²) in [6.45, 7) is 4.23. The first kappa shape index (κ1) is 9.45. The first-order valence-corrected chi connectivity index (χ1v) is 5.37. The lowest BCUT2D eigenvalue weighted by Gasteiger charge is -2.17. The zero-order chi connectivity index (χ0) is 10.1. The van der Waals surface area contributed by atoms with Crippen molar-refractivity contribution in [3.63, 3.8) is 0 Å². The molecule has 0 aromatic carbocycles. The summed E-state index contributed by atoms with van der Waals surface area (Å²) in [6, 6.07) is 0. The van der Waals surface area contributed by atoms with Gasteiger partial charge in [0.15, 0.2) is 5.50 Å². The number of hydrogen-bond acceptors (Lipinski definition) is 5. The Hall–Kier alpha value is -1.10. The van der Waals surface area contributed by atoms with Gasteiger partial charge in [-0.05, 0) is 13.8 Å². The quantitative estimate of drug-likeness (QED) is 0.696. The van der Waals surface area contributed by atoms with Crippen LogP contribution in [-0.2, 0) is 9.53 Å². The van der Waals surface area contributed by atoms with Gasteiger partial charge in [0.1, 0.15) is 5.70 Å². The summed E-state index contributed by atoms with van der Waals surface area (Å²) < 4.78 is 4.94. The van der Waals surface area contributed by atoms with E-state index in [4.69, 9.17) is 4.74 Å². The van der Waals surface area contributed by atoms with E-state index in [2.05, 4.69) is 5.32 Å². The minimum Gasteiger partial charge on any atom is -0.461 e. The summed E-state index contributed by atoms with van der Waals surface area (Å²) in [5.41, 5.74) is 0.718. The molecule has 2 heterocycles. The van der Waals surface area contributed by atoms with Gasteiger partial charge in [0.2, 0.25) is 0 Å². The average Bonchev–Trinajstić information content (AvgIpc) is 2.62. The van der Waals surface area contributed by atoms with Crippen LogP contribution in [0.2, 0.25) is 0 Å². The van der Waals surface area contributed by atoms with Gasteiger partial charge in [-0.1, -0.05) is 11.8 Å². The van der Waals surface area contributed by atoms with Crippen molar-refractivity contribution in [2.24, 2.45) is 0 Å². The summed E-state index contributed by atoms with van der Waals surface area (Å²) in [7, 11) is 0. The van der Waals surface area contributed by atoms with Crippen LogP contribution in [0.3, 0.4) is 0 Å². The van der Waals surface area contributed by atoms with E-state index in [0.29, 0.717) is 12.3 Å². The van der Waals surface area contributed by atoms with Crippen LogP contribution in [0.5, 0.6) is 0 Å². The summed E-state index contributed by atoms with van der Waals surface area (Å²) in [5.74, 6) is -0.269. The molecule has 0 aromatic heterocycles. The molecule has 0 bridgehead atoms. The number of allylic oxidation sites excluding steroid dienone is 1. The van der Waals surface area contributed by atoms with Crippen molar-refractivity contribution in [1.29, 1.82) is 0 Å².